The van der Waals surface area contributed by atoms with Gasteiger partial charge in [0.15, 0.2) is 0 Å². The normalized spacial score (nSPS) is 10.9. The minimum absolute atomic E-state index is 0.0400. The lowest BCUT2D eigenvalue weighted by Crippen LogP contribution is -2.41. The molecule has 2 aromatic carbocycles. The summed E-state index contributed by atoms with van der Waals surface area (Å²) in [6, 6.07) is 11.9. The molecule has 0 fully saturated rings. The summed E-state index contributed by atoms with van der Waals surface area (Å²) in [5.74, 6) is -0.540. The number of carbonyl (C=O) groups excluding carboxylic acids is 1. The van der Waals surface area contributed by atoms with Crippen LogP contribution in [0.2, 0.25) is 5.02 Å². The molecule has 3 aromatic rings. The third kappa shape index (κ3) is 3.99. The van der Waals surface area contributed by atoms with Crippen LogP contribution in [0.5, 0.6) is 0 Å². The molecule has 1 heterocycles. The molecule has 0 saturated heterocycles. The average molecular weight is 452 g/mol. The van der Waals surface area contributed by atoms with E-state index in [1.807, 2.05) is 0 Å². The molecule has 140 valence electrons. The third-order valence-electron chi connectivity index (χ3n) is 4.05. The van der Waals surface area contributed by atoms with Gasteiger partial charge in [-0.2, -0.15) is 0 Å². The fraction of sp³-hybridized carbons (Fsp3) is 0.211. The monoisotopic (exact) mass is 450 g/mol. The number of benzene rings is 2. The van der Waals surface area contributed by atoms with Gasteiger partial charge in [0.05, 0.1) is 29.1 Å². The lowest BCUT2D eigenvalue weighted by atomic mass is 10.2. The molecule has 8 heteroatoms. The van der Waals surface area contributed by atoms with Gasteiger partial charge in [-0.05, 0) is 52.7 Å². The van der Waals surface area contributed by atoms with Gasteiger partial charge in [-0.1, -0.05) is 29.8 Å². The van der Waals surface area contributed by atoms with Crippen molar-refractivity contribution in [2.24, 2.45) is 0 Å². The fourth-order valence-corrected chi connectivity index (χ4v) is 3.27. The zero-order valence-electron chi connectivity index (χ0n) is 14.4. The fourth-order valence-electron chi connectivity index (χ4n) is 2.82. The largest absolute Gasteiger partial charge is 0.465 e. The zero-order valence-corrected chi connectivity index (χ0v) is 16.8. The summed E-state index contributed by atoms with van der Waals surface area (Å²) in [6.45, 7) is 1.67. The van der Waals surface area contributed by atoms with Crippen molar-refractivity contribution in [3.05, 3.63) is 78.4 Å². The highest BCUT2D eigenvalue weighted by molar-refractivity contribution is 9.10. The second-order valence-electron chi connectivity index (χ2n) is 5.83. The molecule has 0 N–H and O–H groups in total. The van der Waals surface area contributed by atoms with E-state index in [1.54, 1.807) is 49.4 Å². The number of aromatic nitrogens is 2. The summed E-state index contributed by atoms with van der Waals surface area (Å²) in [5.41, 5.74) is 0.0894. The number of halogens is 2. The molecule has 6 nitrogen and oxygen atoms in total. The Bertz CT molecular complexity index is 1140. The lowest BCUT2D eigenvalue weighted by Gasteiger charge is -2.14. The minimum atomic E-state index is -0.578. The molecule has 0 radical (unpaired) electrons. The molecule has 0 unspecified atom stereocenters. The summed E-state index contributed by atoms with van der Waals surface area (Å²) in [4.78, 5) is 37.8. The van der Waals surface area contributed by atoms with E-state index in [1.165, 1.54) is 4.57 Å². The van der Waals surface area contributed by atoms with E-state index >= 15 is 0 Å². The maximum Gasteiger partial charge on any atom is 0.332 e. The second kappa shape index (κ2) is 8.10. The van der Waals surface area contributed by atoms with Crippen LogP contribution in [0.25, 0.3) is 10.9 Å². The first-order valence-corrected chi connectivity index (χ1v) is 9.41. The van der Waals surface area contributed by atoms with E-state index in [4.69, 9.17) is 16.3 Å². The number of rotatable bonds is 5. The van der Waals surface area contributed by atoms with Crippen LogP contribution < -0.4 is 11.2 Å². The number of fused-ring (bicyclic) bond motifs is 1. The molecule has 0 amide bonds. The molecule has 27 heavy (non-hydrogen) atoms. The topological polar surface area (TPSA) is 70.3 Å². The van der Waals surface area contributed by atoms with Crippen molar-refractivity contribution in [1.29, 1.82) is 0 Å². The summed E-state index contributed by atoms with van der Waals surface area (Å²) >= 11 is 9.42. The van der Waals surface area contributed by atoms with E-state index in [9.17, 15) is 14.4 Å². The molecule has 0 bridgehead atoms. The smallest absolute Gasteiger partial charge is 0.332 e. The number of hydrogen-bond acceptors (Lipinski definition) is 4. The van der Waals surface area contributed by atoms with Gasteiger partial charge in [-0.25, -0.2) is 4.79 Å². The average Bonchev–Trinajstić information content (AvgIpc) is 2.65. The first-order valence-electron chi connectivity index (χ1n) is 8.24. The standard InChI is InChI=1S/C19H16BrClN2O4/c1-2-27-17(24)11-22-16-6-4-3-5-13(16)18(25)23(19(22)26)10-12-7-8-14(20)15(21)9-12/h3-9H,2,10-11H2,1H3. The minimum Gasteiger partial charge on any atom is -0.465 e. The summed E-state index contributed by atoms with van der Waals surface area (Å²) < 4.78 is 8.04. The molecule has 0 saturated carbocycles. The number of nitrogens with zero attached hydrogens (tertiary/aromatic N) is 2. The van der Waals surface area contributed by atoms with Crippen LogP contribution in [0.4, 0.5) is 0 Å². The SMILES string of the molecule is CCOC(=O)Cn1c(=O)n(Cc2ccc(Br)c(Cl)c2)c(=O)c2ccccc21. The van der Waals surface area contributed by atoms with Crippen molar-refractivity contribution >= 4 is 44.4 Å². The maximum atomic E-state index is 13.0. The lowest BCUT2D eigenvalue weighted by molar-refractivity contribution is -0.143. The van der Waals surface area contributed by atoms with Crippen LogP contribution >= 0.6 is 27.5 Å². The highest BCUT2D eigenvalue weighted by Gasteiger charge is 2.16. The Morgan fingerprint density at radius 3 is 2.59 bits per heavy atom. The number of carbonyl (C=O) groups is 1. The molecule has 0 aliphatic heterocycles. The van der Waals surface area contributed by atoms with Crippen molar-refractivity contribution in [1.82, 2.24) is 9.13 Å². The number of para-hydroxylation sites is 1. The van der Waals surface area contributed by atoms with Gasteiger partial charge in [-0.3, -0.25) is 18.7 Å². The summed E-state index contributed by atoms with van der Waals surface area (Å²) in [5, 5.41) is 0.831. The van der Waals surface area contributed by atoms with Crippen LogP contribution in [0.15, 0.2) is 56.5 Å². The van der Waals surface area contributed by atoms with Crippen molar-refractivity contribution in [3.63, 3.8) is 0 Å². The van der Waals surface area contributed by atoms with Gasteiger partial charge in [0.1, 0.15) is 6.54 Å². The first kappa shape index (κ1) is 19.4. The Morgan fingerprint density at radius 1 is 1.15 bits per heavy atom. The van der Waals surface area contributed by atoms with E-state index in [-0.39, 0.29) is 19.7 Å². The predicted octanol–water partition coefficient (Wildman–Crippen LogP) is 3.19. The maximum absolute atomic E-state index is 13.0. The highest BCUT2D eigenvalue weighted by atomic mass is 79.9. The van der Waals surface area contributed by atoms with Gasteiger partial charge in [0.25, 0.3) is 5.56 Å². The Kier molecular flexibility index (Phi) is 5.82. The van der Waals surface area contributed by atoms with Gasteiger partial charge in [0.2, 0.25) is 0 Å². The van der Waals surface area contributed by atoms with Crippen LogP contribution in [0.3, 0.4) is 0 Å². The highest BCUT2D eigenvalue weighted by Crippen LogP contribution is 2.23. The van der Waals surface area contributed by atoms with Crippen LogP contribution in [-0.2, 0) is 22.6 Å². The molecule has 0 atom stereocenters. The molecule has 0 aliphatic rings. The van der Waals surface area contributed by atoms with Gasteiger partial charge >= 0.3 is 11.7 Å². The molecular formula is C19H16BrClN2O4. The Morgan fingerprint density at radius 2 is 1.89 bits per heavy atom. The van der Waals surface area contributed by atoms with Crippen molar-refractivity contribution in [2.75, 3.05) is 6.61 Å². The van der Waals surface area contributed by atoms with Crippen LogP contribution in [0.1, 0.15) is 12.5 Å². The second-order valence-corrected chi connectivity index (χ2v) is 7.09. The molecular weight excluding hydrogens is 436 g/mol. The van der Waals surface area contributed by atoms with Gasteiger partial charge in [0, 0.05) is 4.47 Å². The van der Waals surface area contributed by atoms with Crippen molar-refractivity contribution < 1.29 is 9.53 Å². The van der Waals surface area contributed by atoms with E-state index in [0.29, 0.717) is 21.5 Å². The van der Waals surface area contributed by atoms with Crippen LogP contribution in [-0.4, -0.2) is 21.7 Å². The number of hydrogen-bond donors (Lipinski definition) is 0. The van der Waals surface area contributed by atoms with Gasteiger partial charge < -0.3 is 4.74 Å². The van der Waals surface area contributed by atoms with Crippen molar-refractivity contribution in [3.8, 4) is 0 Å². The first-order chi connectivity index (χ1) is 12.9. The van der Waals surface area contributed by atoms with E-state index < -0.39 is 17.2 Å². The Balaban J connectivity index is 2.17. The van der Waals surface area contributed by atoms with E-state index in [0.717, 1.165) is 9.04 Å². The van der Waals surface area contributed by atoms with Crippen molar-refractivity contribution in [2.45, 2.75) is 20.0 Å². The number of esters is 1. The van der Waals surface area contributed by atoms with Crippen LogP contribution in [0, 0.1) is 0 Å². The van der Waals surface area contributed by atoms with E-state index in [2.05, 4.69) is 15.9 Å². The summed E-state index contributed by atoms with van der Waals surface area (Å²) in [6.07, 6.45) is 0. The molecule has 1 aromatic heterocycles. The quantitative estimate of drug-likeness (QED) is 0.559. The third-order valence-corrected chi connectivity index (χ3v) is 5.28. The molecule has 0 aliphatic carbocycles. The number of ether oxygens (including phenoxy) is 1. The zero-order chi connectivity index (χ0) is 19.6. The Hall–Kier alpha value is -2.38. The Labute approximate surface area is 168 Å². The van der Waals surface area contributed by atoms with Gasteiger partial charge in [-0.15, -0.1) is 0 Å². The summed E-state index contributed by atoms with van der Waals surface area (Å²) in [7, 11) is 0. The molecule has 0 spiro atoms. The molecule has 3 rings (SSSR count). The predicted molar refractivity (Wildman–Crippen MR) is 107 cm³/mol.